The number of benzene rings is 4. The summed E-state index contributed by atoms with van der Waals surface area (Å²) in [5.74, 6) is -1.57. The van der Waals surface area contributed by atoms with E-state index in [0.29, 0.717) is 21.7 Å². The molecule has 3 N–H and O–H groups in total. The first-order chi connectivity index (χ1) is 20.2. The number of fused-ring (bicyclic) bond motifs is 2. The summed E-state index contributed by atoms with van der Waals surface area (Å²) in [5, 5.41) is 13.1. The van der Waals surface area contributed by atoms with Crippen LogP contribution in [-0.2, 0) is 30.8 Å². The molecule has 0 saturated carbocycles. The van der Waals surface area contributed by atoms with Gasteiger partial charge in [-0.1, -0.05) is 60.7 Å². The van der Waals surface area contributed by atoms with Crippen molar-refractivity contribution in [2.45, 2.75) is 23.2 Å². The third kappa shape index (κ3) is 4.85. The number of nitrogens with one attached hydrogen (secondary N) is 1. The van der Waals surface area contributed by atoms with E-state index >= 15 is 0 Å². The number of carbonyl (C=O) groups excluding carboxylic acids is 2. The summed E-state index contributed by atoms with van der Waals surface area (Å²) in [6.07, 6.45) is 1.46. The number of nitrogens with zero attached hydrogens (tertiary/aromatic N) is 2. The molecule has 0 bridgehead atoms. The number of hydrogen-bond donors (Lipinski definition) is 2. The molecule has 0 saturated heterocycles. The lowest BCUT2D eigenvalue weighted by Gasteiger charge is -2.29. The minimum absolute atomic E-state index is 0.0341. The van der Waals surface area contributed by atoms with Crippen molar-refractivity contribution in [1.29, 1.82) is 5.26 Å². The quantitative estimate of drug-likeness (QED) is 0.258. The van der Waals surface area contributed by atoms with Crippen molar-refractivity contribution in [1.82, 2.24) is 10.3 Å². The standard InChI is InChI=1S/C32H26N4O5S/c1-2-41-31(38)32(34,42(39,40)28-13-3-7-23-8-6-18-35-29(23)28)27-12-5-9-24-25(27)10-4-11-26(24)30(37)36-20-22-16-14-21(19-33)15-17-22/h3-18H,2,20,34H2,1H3,(H,36,37). The van der Waals surface area contributed by atoms with Gasteiger partial charge in [-0.15, -0.1) is 0 Å². The molecular weight excluding hydrogens is 552 g/mol. The van der Waals surface area contributed by atoms with E-state index < -0.39 is 26.6 Å². The Kier molecular flexibility index (Phi) is 7.72. The monoisotopic (exact) mass is 578 g/mol. The lowest BCUT2D eigenvalue weighted by atomic mass is 9.95. The van der Waals surface area contributed by atoms with Gasteiger partial charge in [0.05, 0.1) is 28.7 Å². The zero-order valence-corrected chi connectivity index (χ0v) is 23.4. The van der Waals surface area contributed by atoms with Crippen LogP contribution in [0.4, 0.5) is 0 Å². The van der Waals surface area contributed by atoms with E-state index in [2.05, 4.69) is 16.4 Å². The van der Waals surface area contributed by atoms with Gasteiger partial charge in [0.1, 0.15) is 0 Å². The molecule has 1 unspecified atom stereocenters. The van der Waals surface area contributed by atoms with Crippen molar-refractivity contribution in [3.05, 3.63) is 119 Å². The molecule has 1 aromatic heterocycles. The number of aromatic nitrogens is 1. The first-order valence-corrected chi connectivity index (χ1v) is 14.5. The van der Waals surface area contributed by atoms with Crippen LogP contribution in [0.25, 0.3) is 21.7 Å². The van der Waals surface area contributed by atoms with Gasteiger partial charge in [0.2, 0.25) is 14.7 Å². The summed E-state index contributed by atoms with van der Waals surface area (Å²) in [5.41, 5.74) is 8.38. The molecule has 1 atom stereocenters. The molecule has 1 heterocycles. The molecule has 210 valence electrons. The van der Waals surface area contributed by atoms with E-state index in [1.165, 1.54) is 18.3 Å². The number of pyridine rings is 1. The second-order valence-corrected chi connectivity index (χ2v) is 11.6. The van der Waals surface area contributed by atoms with E-state index in [1.807, 2.05) is 0 Å². The molecule has 0 spiro atoms. The predicted molar refractivity (Wildman–Crippen MR) is 158 cm³/mol. The first-order valence-electron chi connectivity index (χ1n) is 13.1. The second-order valence-electron chi connectivity index (χ2n) is 9.49. The smallest absolute Gasteiger partial charge is 0.347 e. The Morgan fingerprint density at radius 2 is 1.64 bits per heavy atom. The number of nitriles is 1. The molecule has 1 amide bonds. The van der Waals surface area contributed by atoms with Crippen LogP contribution in [0.3, 0.4) is 0 Å². The molecule has 10 heteroatoms. The van der Waals surface area contributed by atoms with Crippen LogP contribution in [0.5, 0.6) is 0 Å². The largest absolute Gasteiger partial charge is 0.464 e. The van der Waals surface area contributed by atoms with Crippen LogP contribution >= 0.6 is 0 Å². The molecule has 0 aliphatic rings. The number of ether oxygens (including phenoxy) is 1. The Labute approximate surface area is 242 Å². The van der Waals surface area contributed by atoms with Crippen LogP contribution in [-0.4, -0.2) is 31.9 Å². The van der Waals surface area contributed by atoms with Crippen molar-refractivity contribution in [2.24, 2.45) is 5.73 Å². The van der Waals surface area contributed by atoms with Gasteiger partial charge < -0.3 is 10.1 Å². The Balaban J connectivity index is 1.63. The van der Waals surface area contributed by atoms with E-state index in [4.69, 9.17) is 15.7 Å². The van der Waals surface area contributed by atoms with Gasteiger partial charge in [0.15, 0.2) is 0 Å². The molecule has 0 aliphatic carbocycles. The van der Waals surface area contributed by atoms with Crippen LogP contribution < -0.4 is 11.1 Å². The lowest BCUT2D eigenvalue weighted by molar-refractivity contribution is -0.146. The molecule has 5 rings (SSSR count). The predicted octanol–water partition coefficient (Wildman–Crippen LogP) is 4.34. The summed E-state index contributed by atoms with van der Waals surface area (Å²) >= 11 is 0. The molecular formula is C32H26N4O5S. The minimum Gasteiger partial charge on any atom is -0.464 e. The van der Waals surface area contributed by atoms with Crippen molar-refractivity contribution in [3.63, 3.8) is 0 Å². The van der Waals surface area contributed by atoms with Crippen molar-refractivity contribution < 1.29 is 22.7 Å². The normalized spacial score (nSPS) is 12.8. The van der Waals surface area contributed by atoms with Crippen molar-refractivity contribution in [2.75, 3.05) is 6.61 Å². The van der Waals surface area contributed by atoms with Crippen molar-refractivity contribution in [3.8, 4) is 6.07 Å². The van der Waals surface area contributed by atoms with Gasteiger partial charge in [-0.2, -0.15) is 5.26 Å². The highest BCUT2D eigenvalue weighted by atomic mass is 32.2. The van der Waals surface area contributed by atoms with Gasteiger partial charge in [-0.25, -0.2) is 13.2 Å². The zero-order valence-electron chi connectivity index (χ0n) is 22.6. The van der Waals surface area contributed by atoms with Gasteiger partial charge in [0.25, 0.3) is 5.91 Å². The number of amides is 1. The zero-order chi connectivity index (χ0) is 29.9. The summed E-state index contributed by atoms with van der Waals surface area (Å²) in [6.45, 7) is 1.66. The summed E-state index contributed by atoms with van der Waals surface area (Å²) in [4.78, 5) is 28.2. The molecule has 42 heavy (non-hydrogen) atoms. The highest BCUT2D eigenvalue weighted by Gasteiger charge is 2.52. The molecule has 0 radical (unpaired) electrons. The topological polar surface area (TPSA) is 152 Å². The van der Waals surface area contributed by atoms with E-state index in [0.717, 1.165) is 5.56 Å². The highest BCUT2D eigenvalue weighted by Crippen LogP contribution is 2.39. The lowest BCUT2D eigenvalue weighted by Crippen LogP contribution is -2.52. The average molecular weight is 579 g/mol. The van der Waals surface area contributed by atoms with Gasteiger partial charge in [-0.05, 0) is 53.6 Å². The highest BCUT2D eigenvalue weighted by molar-refractivity contribution is 7.93. The van der Waals surface area contributed by atoms with Crippen LogP contribution in [0.15, 0.2) is 102 Å². The molecule has 9 nitrogen and oxygen atoms in total. The van der Waals surface area contributed by atoms with Crippen molar-refractivity contribution >= 4 is 43.4 Å². The summed E-state index contributed by atoms with van der Waals surface area (Å²) in [6, 6.07) is 26.4. The fourth-order valence-electron chi connectivity index (χ4n) is 4.88. The first kappa shape index (κ1) is 28.4. The number of rotatable bonds is 8. The number of hydrogen-bond acceptors (Lipinski definition) is 8. The second kappa shape index (κ2) is 11.4. The van der Waals surface area contributed by atoms with E-state index in [-0.39, 0.29) is 34.7 Å². The number of nitrogens with two attached hydrogens (primary N) is 1. The Morgan fingerprint density at radius 3 is 2.38 bits per heavy atom. The Morgan fingerprint density at radius 1 is 0.952 bits per heavy atom. The van der Waals surface area contributed by atoms with Crippen LogP contribution in [0.2, 0.25) is 0 Å². The van der Waals surface area contributed by atoms with E-state index in [9.17, 15) is 18.0 Å². The minimum atomic E-state index is -4.66. The summed E-state index contributed by atoms with van der Waals surface area (Å²) < 4.78 is 34.0. The van der Waals surface area contributed by atoms with Gasteiger partial charge >= 0.3 is 5.97 Å². The maximum Gasteiger partial charge on any atom is 0.347 e. The SMILES string of the molecule is CCOC(=O)C(N)(c1cccc2c(C(=O)NCc3ccc(C#N)cc3)cccc12)S(=O)(=O)c1cccc2cccnc12. The number of carbonyl (C=O) groups is 2. The Bertz CT molecular complexity index is 1980. The Hall–Kier alpha value is -5.11. The van der Waals surface area contributed by atoms with Crippen LogP contribution in [0.1, 0.15) is 34.0 Å². The average Bonchev–Trinajstić information content (AvgIpc) is 3.02. The van der Waals surface area contributed by atoms with Gasteiger partial charge in [-0.3, -0.25) is 15.5 Å². The summed E-state index contributed by atoms with van der Waals surface area (Å²) in [7, 11) is -4.66. The fraction of sp³-hybridized carbons (Fsp3) is 0.125. The number of esters is 1. The number of para-hydroxylation sites is 1. The third-order valence-corrected chi connectivity index (χ3v) is 9.13. The van der Waals surface area contributed by atoms with Gasteiger partial charge in [0, 0.05) is 29.3 Å². The van der Waals surface area contributed by atoms with E-state index in [1.54, 1.807) is 85.8 Å². The molecule has 0 fully saturated rings. The molecule has 5 aromatic rings. The maximum absolute atomic E-state index is 14.4. The number of sulfone groups is 1. The maximum atomic E-state index is 14.4. The van der Waals surface area contributed by atoms with Crippen LogP contribution in [0, 0.1) is 11.3 Å². The molecule has 0 aliphatic heterocycles. The molecule has 4 aromatic carbocycles. The third-order valence-electron chi connectivity index (χ3n) is 6.99. The fourth-order valence-corrected chi connectivity index (χ4v) is 6.65.